The predicted octanol–water partition coefficient (Wildman–Crippen LogP) is 1.91. The van der Waals surface area contributed by atoms with Crippen molar-refractivity contribution in [1.29, 1.82) is 0 Å². The number of rotatable bonds is 8. The third kappa shape index (κ3) is 5.98. The van der Waals surface area contributed by atoms with Gasteiger partial charge in [0.05, 0.1) is 12.0 Å². The second-order valence-corrected chi connectivity index (χ2v) is 8.70. The average molecular weight is 505 g/mol. The predicted molar refractivity (Wildman–Crippen MR) is 128 cm³/mol. The van der Waals surface area contributed by atoms with Gasteiger partial charge in [-0.3, -0.25) is 15.0 Å². The number of carbonyl (C=O) groups is 1. The Kier molecular flexibility index (Phi) is 8.46. The lowest BCUT2D eigenvalue weighted by Gasteiger charge is -2.31. The van der Waals surface area contributed by atoms with Gasteiger partial charge in [-0.05, 0) is 56.8 Å². The maximum absolute atomic E-state index is 12.7. The molecule has 2 N–H and O–H groups in total. The lowest BCUT2D eigenvalue weighted by atomic mass is 10.1. The lowest BCUT2D eigenvalue weighted by molar-refractivity contribution is -0.383. The van der Waals surface area contributed by atoms with Crippen LogP contribution >= 0.6 is 0 Å². The van der Waals surface area contributed by atoms with Crippen molar-refractivity contribution in [1.82, 2.24) is 14.9 Å². The summed E-state index contributed by atoms with van der Waals surface area (Å²) in [6.45, 7) is 4.92. The van der Waals surface area contributed by atoms with Crippen LogP contribution in [-0.2, 0) is 34.2 Å². The molecule has 0 unspecified atom stereocenters. The molecule has 2 aromatic rings. The van der Waals surface area contributed by atoms with E-state index in [1.165, 1.54) is 25.5 Å². The van der Waals surface area contributed by atoms with Crippen LogP contribution in [0.5, 0.6) is 0 Å². The molecule has 1 saturated heterocycles. The summed E-state index contributed by atoms with van der Waals surface area (Å²) in [5, 5.41) is 11.8. The van der Waals surface area contributed by atoms with E-state index in [1.807, 2.05) is 12.1 Å². The minimum absolute atomic E-state index is 0.0489. The van der Waals surface area contributed by atoms with Crippen LogP contribution in [0.1, 0.15) is 42.6 Å². The molecule has 2 aliphatic rings. The molecule has 4 rings (SSSR count). The minimum Gasteiger partial charge on any atom is -0.467 e. The van der Waals surface area contributed by atoms with Gasteiger partial charge in [0.25, 0.3) is 0 Å². The lowest BCUT2D eigenvalue weighted by Crippen LogP contribution is -2.45. The van der Waals surface area contributed by atoms with E-state index in [-0.39, 0.29) is 23.9 Å². The number of esters is 1. The zero-order valence-electron chi connectivity index (χ0n) is 19.6. The number of nitrogens with zero attached hydrogens (tertiary/aromatic N) is 5. The molecule has 2 fully saturated rings. The van der Waals surface area contributed by atoms with Crippen molar-refractivity contribution in [3.05, 3.63) is 51.3 Å². The number of ether oxygens (including phenoxy) is 1. The number of likely N-dealkylation sites (tertiary alicyclic amines) is 1. The van der Waals surface area contributed by atoms with Gasteiger partial charge in [-0.15, -0.1) is 0 Å². The van der Waals surface area contributed by atoms with Gasteiger partial charge in [-0.25, -0.2) is 14.8 Å². The van der Waals surface area contributed by atoms with Crippen LogP contribution in [0.2, 0.25) is 0 Å². The molecule has 1 aliphatic heterocycles. The molecule has 0 atom stereocenters. The summed E-state index contributed by atoms with van der Waals surface area (Å²) in [4.78, 5) is 36.4. The summed E-state index contributed by atoms with van der Waals surface area (Å²) in [5.74, 6) is -0.301. The summed E-state index contributed by atoms with van der Waals surface area (Å²) < 4.78 is 21.6. The number of nitrogen functional groups attached to an aromatic ring is 1. The van der Waals surface area contributed by atoms with Crippen LogP contribution < -0.4 is 10.6 Å². The highest BCUT2D eigenvalue weighted by Crippen LogP contribution is 2.48. The standard InChI is InChI=1S/C22H28N6O4.O2S/c1-15-24-19(23)18(28(30)31)20(25-15)27(22(8-9-22)21(29)32-2)14-17-7-5-6-16(12-17)13-26-10-3-4-11-26;1-3-2/h5-7,12H,3-4,8-11,13-14H2,1-2H3,(H2,23,24,25);. The second kappa shape index (κ2) is 11.3. The summed E-state index contributed by atoms with van der Waals surface area (Å²) in [6.07, 6.45) is 3.47. The molecular formula is C22H28N6O6S. The van der Waals surface area contributed by atoms with Crippen molar-refractivity contribution in [2.75, 3.05) is 30.8 Å². The summed E-state index contributed by atoms with van der Waals surface area (Å²) in [5.41, 5.74) is 6.61. The van der Waals surface area contributed by atoms with Crippen molar-refractivity contribution in [2.45, 2.75) is 51.2 Å². The first-order chi connectivity index (χ1) is 16.7. The van der Waals surface area contributed by atoms with Crippen LogP contribution in [0.3, 0.4) is 0 Å². The Morgan fingerprint density at radius 3 is 2.46 bits per heavy atom. The highest BCUT2D eigenvalue weighted by atomic mass is 32.1. The molecule has 1 aromatic carbocycles. The first-order valence-electron chi connectivity index (χ1n) is 11.1. The zero-order chi connectivity index (χ0) is 25.6. The maximum atomic E-state index is 12.7. The first-order valence-corrected chi connectivity index (χ1v) is 11.8. The number of benzene rings is 1. The topological polar surface area (TPSA) is 162 Å². The molecule has 35 heavy (non-hydrogen) atoms. The Morgan fingerprint density at radius 2 is 1.89 bits per heavy atom. The van der Waals surface area contributed by atoms with Gasteiger partial charge >= 0.3 is 23.2 Å². The second-order valence-electron chi connectivity index (χ2n) is 8.57. The number of methoxy groups -OCH3 is 1. The Balaban J connectivity index is 0.00000108. The Bertz CT molecular complexity index is 1130. The van der Waals surface area contributed by atoms with Gasteiger partial charge < -0.3 is 15.4 Å². The fourth-order valence-corrected chi connectivity index (χ4v) is 4.47. The summed E-state index contributed by atoms with van der Waals surface area (Å²) in [6, 6.07) is 8.10. The van der Waals surface area contributed by atoms with Gasteiger partial charge in [0.2, 0.25) is 11.6 Å². The van der Waals surface area contributed by atoms with Crippen molar-refractivity contribution < 1.29 is 22.9 Å². The molecular weight excluding hydrogens is 476 g/mol. The van der Waals surface area contributed by atoms with Gasteiger partial charge in [-0.2, -0.15) is 8.42 Å². The average Bonchev–Trinajstić information content (AvgIpc) is 3.46. The van der Waals surface area contributed by atoms with Crippen molar-refractivity contribution in [3.63, 3.8) is 0 Å². The van der Waals surface area contributed by atoms with E-state index < -0.39 is 28.0 Å². The monoisotopic (exact) mass is 504 g/mol. The van der Waals surface area contributed by atoms with E-state index in [9.17, 15) is 14.9 Å². The van der Waals surface area contributed by atoms with Crippen molar-refractivity contribution in [2.24, 2.45) is 0 Å². The van der Waals surface area contributed by atoms with Crippen LogP contribution in [0, 0.1) is 17.0 Å². The minimum atomic E-state index is -1.00. The largest absolute Gasteiger partial charge is 0.467 e. The molecule has 0 radical (unpaired) electrons. The first kappa shape index (κ1) is 26.2. The number of aryl methyl sites for hydroxylation is 1. The fourth-order valence-electron chi connectivity index (χ4n) is 4.47. The Hall–Kier alpha value is -3.45. The number of nitrogens with two attached hydrogens (primary N) is 1. The molecule has 13 heteroatoms. The van der Waals surface area contributed by atoms with Gasteiger partial charge in [-0.1, -0.05) is 24.3 Å². The quantitative estimate of drug-likeness (QED) is 0.317. The normalized spacial score (nSPS) is 16.1. The Labute approximate surface area is 206 Å². The van der Waals surface area contributed by atoms with E-state index in [0.717, 1.165) is 25.2 Å². The van der Waals surface area contributed by atoms with Crippen molar-refractivity contribution >= 4 is 34.9 Å². The highest BCUT2D eigenvalue weighted by Gasteiger charge is 2.58. The molecule has 12 nitrogen and oxygen atoms in total. The van der Waals surface area contributed by atoms with E-state index in [0.29, 0.717) is 18.7 Å². The van der Waals surface area contributed by atoms with Crippen molar-refractivity contribution in [3.8, 4) is 0 Å². The molecule has 1 saturated carbocycles. The molecule has 0 amide bonds. The number of carbonyl (C=O) groups excluding carboxylic acids is 1. The van der Waals surface area contributed by atoms with E-state index in [1.54, 1.807) is 11.8 Å². The van der Waals surface area contributed by atoms with Gasteiger partial charge in [0.1, 0.15) is 11.4 Å². The van der Waals surface area contributed by atoms with Crippen LogP contribution in [0.25, 0.3) is 0 Å². The van der Waals surface area contributed by atoms with E-state index in [4.69, 9.17) is 18.9 Å². The molecule has 188 valence electrons. The van der Waals surface area contributed by atoms with E-state index >= 15 is 0 Å². The number of anilines is 2. The molecule has 0 spiro atoms. The number of hydrogen-bond donors (Lipinski definition) is 1. The van der Waals surface area contributed by atoms with Crippen LogP contribution in [0.15, 0.2) is 24.3 Å². The fraction of sp³-hybridized carbons (Fsp3) is 0.500. The number of nitro groups is 1. The Morgan fingerprint density at radius 1 is 1.26 bits per heavy atom. The number of hydrogen-bond acceptors (Lipinski definition) is 11. The zero-order valence-corrected chi connectivity index (χ0v) is 20.5. The highest BCUT2D eigenvalue weighted by molar-refractivity contribution is 7.51. The molecule has 1 aromatic heterocycles. The SMILES string of the molecule is COC(=O)C1(N(Cc2cccc(CN3CCCC3)c2)c2nc(C)nc(N)c2[N+](=O)[O-])CC1.O=S=O. The van der Waals surface area contributed by atoms with Crippen LogP contribution in [0.4, 0.5) is 17.3 Å². The molecule has 1 aliphatic carbocycles. The molecule has 2 heterocycles. The summed E-state index contributed by atoms with van der Waals surface area (Å²) in [7, 11) is 1.32. The summed E-state index contributed by atoms with van der Waals surface area (Å²) >= 11 is -0.750. The van der Waals surface area contributed by atoms with Gasteiger partial charge in [0.15, 0.2) is 0 Å². The third-order valence-corrected chi connectivity index (χ3v) is 6.19. The smallest absolute Gasteiger partial charge is 0.353 e. The molecule has 0 bridgehead atoms. The number of aromatic nitrogens is 2. The van der Waals surface area contributed by atoms with E-state index in [2.05, 4.69) is 27.0 Å². The van der Waals surface area contributed by atoms with Gasteiger partial charge in [0, 0.05) is 13.1 Å². The maximum Gasteiger partial charge on any atom is 0.353 e. The third-order valence-electron chi connectivity index (χ3n) is 6.19. The van der Waals surface area contributed by atoms with Crippen LogP contribution in [-0.4, -0.2) is 59.9 Å².